The molecule has 208 valence electrons. The van der Waals surface area contributed by atoms with Gasteiger partial charge in [0.1, 0.15) is 11.6 Å². The van der Waals surface area contributed by atoms with Crippen molar-refractivity contribution in [1.29, 1.82) is 0 Å². The molecule has 39 heavy (non-hydrogen) atoms. The van der Waals surface area contributed by atoms with Crippen molar-refractivity contribution in [2.24, 2.45) is 0 Å². The molecule has 14 heteroatoms. The van der Waals surface area contributed by atoms with E-state index in [1.165, 1.54) is 31.2 Å². The highest BCUT2D eigenvalue weighted by Gasteiger charge is 2.24. The van der Waals surface area contributed by atoms with Crippen LogP contribution in [0.2, 0.25) is 0 Å². The zero-order valence-electron chi connectivity index (χ0n) is 21.1. The Bertz CT molecular complexity index is 1290. The Kier molecular flexibility index (Phi) is 11.3. The summed E-state index contributed by atoms with van der Waals surface area (Å²) in [6.45, 7) is 0.809. The average molecular weight is 626 g/mol. The number of ether oxygens (including phenoxy) is 2. The summed E-state index contributed by atoms with van der Waals surface area (Å²) in [6, 6.07) is 10.4. The lowest BCUT2D eigenvalue weighted by Gasteiger charge is -2.31. The molecule has 0 aliphatic rings. The number of carbonyl (C=O) groups excluding carboxylic acids is 3. The number of hydrazine groups is 1. The number of hydrogen-bond acceptors (Lipinski definition) is 9. The summed E-state index contributed by atoms with van der Waals surface area (Å²) in [4.78, 5) is 36.5. The molecule has 10 nitrogen and oxygen atoms in total. The number of amides is 2. The van der Waals surface area contributed by atoms with Gasteiger partial charge in [-0.2, -0.15) is 0 Å². The Morgan fingerprint density at radius 3 is 2.56 bits per heavy atom. The highest BCUT2D eigenvalue weighted by atomic mass is 79.9. The summed E-state index contributed by atoms with van der Waals surface area (Å²) in [7, 11) is 1.26. The van der Waals surface area contributed by atoms with Crippen LogP contribution in [0.15, 0.2) is 46.9 Å². The number of halogens is 3. The van der Waals surface area contributed by atoms with Crippen LogP contribution in [-0.4, -0.2) is 52.9 Å². The lowest BCUT2D eigenvalue weighted by Crippen LogP contribution is -2.50. The molecule has 1 atom stereocenters. The summed E-state index contributed by atoms with van der Waals surface area (Å²) in [5.41, 5.74) is 3.61. The number of hydrogen-bond donors (Lipinski definition) is 2. The van der Waals surface area contributed by atoms with Crippen molar-refractivity contribution in [3.8, 4) is 10.6 Å². The Hall–Kier alpha value is -3.49. The Balaban J connectivity index is 1.65. The summed E-state index contributed by atoms with van der Waals surface area (Å²) < 4.78 is 38.6. The van der Waals surface area contributed by atoms with E-state index < -0.39 is 35.6 Å². The summed E-state index contributed by atoms with van der Waals surface area (Å²) in [6.07, 6.45) is -0.193. The molecule has 1 aromatic heterocycles. The van der Waals surface area contributed by atoms with Crippen molar-refractivity contribution >= 4 is 50.4 Å². The standard InChI is InChI=1S/C25H26BrF2N5O5S/c1-15(34)33(29-13-17-5-3-7-20(27)22(17)28)19(6-4-8-21(35)37-2)14-38-25(36)30-24-32-31-23(39-24)16-9-11-18(26)12-10-16/h3,5,7,9-12,19,29H,4,6,8,13-14H2,1-2H3,(H,30,32,36)/t19-/m0/s1. The molecule has 0 saturated carbocycles. The maximum atomic E-state index is 14.1. The van der Waals surface area contributed by atoms with Crippen molar-refractivity contribution < 1.29 is 32.6 Å². The number of rotatable bonds is 12. The quantitative estimate of drug-likeness (QED) is 0.211. The van der Waals surface area contributed by atoms with Gasteiger partial charge >= 0.3 is 12.1 Å². The third-order valence-corrected chi connectivity index (χ3v) is 6.87. The monoisotopic (exact) mass is 625 g/mol. The molecule has 0 saturated heterocycles. The van der Waals surface area contributed by atoms with E-state index in [4.69, 9.17) is 4.74 Å². The van der Waals surface area contributed by atoms with Crippen LogP contribution >= 0.6 is 27.3 Å². The predicted molar refractivity (Wildman–Crippen MR) is 143 cm³/mol. The van der Waals surface area contributed by atoms with E-state index in [0.29, 0.717) is 11.4 Å². The molecule has 2 aromatic carbocycles. The second kappa shape index (κ2) is 14.6. The molecule has 2 N–H and O–H groups in total. The molecular weight excluding hydrogens is 600 g/mol. The molecule has 0 radical (unpaired) electrons. The van der Waals surface area contributed by atoms with Gasteiger partial charge in [0.25, 0.3) is 0 Å². The maximum Gasteiger partial charge on any atom is 0.413 e. The van der Waals surface area contributed by atoms with Crippen molar-refractivity contribution in [2.45, 2.75) is 38.8 Å². The second-order valence-corrected chi connectivity index (χ2v) is 10.1. The Labute approximate surface area is 235 Å². The number of anilines is 1. The van der Waals surface area contributed by atoms with E-state index in [2.05, 4.69) is 41.6 Å². The first-order chi connectivity index (χ1) is 18.7. The van der Waals surface area contributed by atoms with Crippen LogP contribution < -0.4 is 10.7 Å². The fraction of sp³-hybridized carbons (Fsp3) is 0.320. The smallest absolute Gasteiger partial charge is 0.413 e. The van der Waals surface area contributed by atoms with E-state index >= 15 is 0 Å². The van der Waals surface area contributed by atoms with E-state index in [0.717, 1.165) is 27.4 Å². The summed E-state index contributed by atoms with van der Waals surface area (Å²) in [5.74, 6) is -2.94. The zero-order chi connectivity index (χ0) is 28.4. The minimum absolute atomic E-state index is 0.00562. The normalized spacial score (nSPS) is 11.5. The van der Waals surface area contributed by atoms with Gasteiger partial charge in [0.15, 0.2) is 11.6 Å². The number of aromatic nitrogens is 2. The van der Waals surface area contributed by atoms with Crippen molar-refractivity contribution in [3.63, 3.8) is 0 Å². The van der Waals surface area contributed by atoms with Crippen LogP contribution in [0.4, 0.5) is 18.7 Å². The number of esters is 1. The van der Waals surface area contributed by atoms with Gasteiger partial charge in [-0.3, -0.25) is 19.9 Å². The van der Waals surface area contributed by atoms with Crippen LogP contribution in [0.25, 0.3) is 10.6 Å². The van der Waals surface area contributed by atoms with E-state index in [1.54, 1.807) is 0 Å². The molecular formula is C25H26BrF2N5O5S. The first kappa shape index (κ1) is 30.1. The topological polar surface area (TPSA) is 123 Å². The molecule has 0 aliphatic heterocycles. The van der Waals surface area contributed by atoms with Gasteiger partial charge in [0.2, 0.25) is 11.0 Å². The summed E-state index contributed by atoms with van der Waals surface area (Å²) in [5, 5.41) is 12.5. The van der Waals surface area contributed by atoms with Gasteiger partial charge in [-0.25, -0.2) is 19.0 Å². The van der Waals surface area contributed by atoms with Crippen molar-refractivity contribution in [2.75, 3.05) is 19.0 Å². The average Bonchev–Trinajstić information content (AvgIpc) is 3.37. The van der Waals surface area contributed by atoms with Gasteiger partial charge in [0.05, 0.1) is 13.2 Å². The highest BCUT2D eigenvalue weighted by Crippen LogP contribution is 2.27. The van der Waals surface area contributed by atoms with E-state index in [-0.39, 0.29) is 36.7 Å². The van der Waals surface area contributed by atoms with Gasteiger partial charge < -0.3 is 9.47 Å². The first-order valence-corrected chi connectivity index (χ1v) is 13.3. The molecule has 2 amide bonds. The highest BCUT2D eigenvalue weighted by molar-refractivity contribution is 9.10. The van der Waals surface area contributed by atoms with Gasteiger partial charge in [-0.15, -0.1) is 10.2 Å². The number of nitrogens with one attached hydrogen (secondary N) is 2. The van der Waals surface area contributed by atoms with Gasteiger partial charge in [-0.05, 0) is 31.0 Å². The van der Waals surface area contributed by atoms with Crippen molar-refractivity contribution in [3.05, 3.63) is 64.1 Å². The summed E-state index contributed by atoms with van der Waals surface area (Å²) >= 11 is 4.52. The van der Waals surface area contributed by atoms with Crippen LogP contribution in [0, 0.1) is 11.6 Å². The fourth-order valence-corrected chi connectivity index (χ4v) is 4.50. The molecule has 3 aromatic rings. The van der Waals surface area contributed by atoms with E-state index in [9.17, 15) is 23.2 Å². The molecule has 0 spiro atoms. The predicted octanol–water partition coefficient (Wildman–Crippen LogP) is 5.06. The Morgan fingerprint density at radius 2 is 1.87 bits per heavy atom. The molecule has 0 aliphatic carbocycles. The lowest BCUT2D eigenvalue weighted by atomic mass is 10.1. The van der Waals surface area contributed by atoms with Crippen molar-refractivity contribution in [1.82, 2.24) is 20.6 Å². The zero-order valence-corrected chi connectivity index (χ0v) is 23.5. The van der Waals surface area contributed by atoms with E-state index in [1.807, 2.05) is 24.3 Å². The second-order valence-electron chi connectivity index (χ2n) is 8.20. The van der Waals surface area contributed by atoms with Gasteiger partial charge in [-0.1, -0.05) is 51.5 Å². The largest absolute Gasteiger partial charge is 0.469 e. The maximum absolute atomic E-state index is 14.1. The fourth-order valence-electron chi connectivity index (χ4n) is 3.50. The third-order valence-electron chi connectivity index (χ3n) is 5.45. The molecule has 0 bridgehead atoms. The SMILES string of the molecule is COC(=O)CCC[C@@H](COC(=O)Nc1nnc(-c2ccc(Br)cc2)s1)N(NCc1cccc(F)c1F)C(C)=O. The third kappa shape index (κ3) is 9.04. The molecule has 3 rings (SSSR count). The molecule has 0 unspecified atom stereocenters. The van der Waals surface area contributed by atoms with Crippen LogP contribution in [0.1, 0.15) is 31.7 Å². The molecule has 1 heterocycles. The minimum Gasteiger partial charge on any atom is -0.469 e. The first-order valence-electron chi connectivity index (χ1n) is 11.7. The van der Waals surface area contributed by atoms with Crippen LogP contribution in [0.5, 0.6) is 0 Å². The molecule has 0 fully saturated rings. The number of nitrogens with zero attached hydrogens (tertiary/aromatic N) is 3. The Morgan fingerprint density at radius 1 is 1.13 bits per heavy atom. The van der Waals surface area contributed by atoms with Crippen LogP contribution in [0.3, 0.4) is 0 Å². The number of benzene rings is 2. The van der Waals surface area contributed by atoms with Crippen LogP contribution in [-0.2, 0) is 25.6 Å². The number of carbonyl (C=O) groups is 3. The number of methoxy groups -OCH3 is 1. The van der Waals surface area contributed by atoms with Gasteiger partial charge in [0, 0.05) is 35.5 Å². The lowest BCUT2D eigenvalue weighted by molar-refractivity contribution is -0.140. The minimum atomic E-state index is -1.04.